The zero-order valence-corrected chi connectivity index (χ0v) is 26.6. The zero-order valence-electron chi connectivity index (χ0n) is 25.0. The maximum atomic E-state index is 2.34. The third kappa shape index (κ3) is 9.05. The Balaban J connectivity index is 1.32. The molecule has 0 aliphatic rings. The largest absolute Gasteiger partial charge is 0.0654 e. The summed E-state index contributed by atoms with van der Waals surface area (Å²) in [6.45, 7) is 9.01. The SMILES string of the molecule is CCCCCCc1ccc(-c2ccc(SSc3ccc(-c4ccc(CCCCCC)cc4)cc3C)c(C)c2)cc1. The van der Waals surface area contributed by atoms with Crippen LogP contribution in [0.3, 0.4) is 0 Å². The van der Waals surface area contributed by atoms with Gasteiger partial charge in [-0.05, 0) is 96.2 Å². The van der Waals surface area contributed by atoms with Gasteiger partial charge in [0.15, 0.2) is 0 Å². The third-order valence-corrected chi connectivity index (χ3v) is 10.5. The summed E-state index contributed by atoms with van der Waals surface area (Å²) in [5, 5.41) is 0. The molecule has 0 amide bonds. The molecule has 0 saturated carbocycles. The molecule has 0 fully saturated rings. The first-order valence-corrected chi connectivity index (χ1v) is 17.5. The molecule has 0 aliphatic carbocycles. The Morgan fingerprint density at radius 1 is 0.425 bits per heavy atom. The summed E-state index contributed by atoms with van der Waals surface area (Å²) in [4.78, 5) is 2.67. The van der Waals surface area contributed by atoms with Gasteiger partial charge in [0.25, 0.3) is 0 Å². The van der Waals surface area contributed by atoms with Gasteiger partial charge in [0.05, 0.1) is 0 Å². The van der Waals surface area contributed by atoms with Crippen molar-refractivity contribution in [3.63, 3.8) is 0 Å². The number of hydrogen-bond acceptors (Lipinski definition) is 2. The Hall–Kier alpha value is -2.42. The molecule has 0 spiro atoms. The molecule has 4 rings (SSSR count). The molecular weight excluding hydrogens is 521 g/mol. The van der Waals surface area contributed by atoms with Crippen LogP contribution in [0.5, 0.6) is 0 Å². The number of rotatable bonds is 15. The van der Waals surface area contributed by atoms with Crippen LogP contribution in [0.1, 0.15) is 87.5 Å². The molecule has 2 heteroatoms. The number of aryl methyl sites for hydroxylation is 4. The van der Waals surface area contributed by atoms with E-state index in [1.807, 2.05) is 21.6 Å². The van der Waals surface area contributed by atoms with Gasteiger partial charge in [0.1, 0.15) is 0 Å². The van der Waals surface area contributed by atoms with Crippen molar-refractivity contribution in [3.05, 3.63) is 107 Å². The van der Waals surface area contributed by atoms with E-state index in [4.69, 9.17) is 0 Å². The van der Waals surface area contributed by atoms with Crippen LogP contribution in [0.4, 0.5) is 0 Å². The Morgan fingerprint density at radius 2 is 0.800 bits per heavy atom. The van der Waals surface area contributed by atoms with Crippen LogP contribution in [0.2, 0.25) is 0 Å². The lowest BCUT2D eigenvalue weighted by Crippen LogP contribution is -1.88. The number of hydrogen-bond donors (Lipinski definition) is 0. The van der Waals surface area contributed by atoms with Crippen molar-refractivity contribution < 1.29 is 0 Å². The summed E-state index contributed by atoms with van der Waals surface area (Å²) in [6, 6.07) is 32.2. The third-order valence-electron chi connectivity index (χ3n) is 7.78. The molecule has 210 valence electrons. The van der Waals surface area contributed by atoms with E-state index in [0.29, 0.717) is 0 Å². The number of benzene rings is 4. The molecule has 0 heterocycles. The van der Waals surface area contributed by atoms with Crippen LogP contribution in [0.15, 0.2) is 94.7 Å². The van der Waals surface area contributed by atoms with Gasteiger partial charge in [-0.3, -0.25) is 0 Å². The van der Waals surface area contributed by atoms with E-state index >= 15 is 0 Å². The summed E-state index contributed by atoms with van der Waals surface area (Å²) in [7, 11) is 3.73. The van der Waals surface area contributed by atoms with Crippen molar-refractivity contribution in [2.24, 2.45) is 0 Å². The predicted molar refractivity (Wildman–Crippen MR) is 181 cm³/mol. The second-order valence-corrected chi connectivity index (χ2v) is 13.4. The zero-order chi connectivity index (χ0) is 28.2. The highest BCUT2D eigenvalue weighted by atomic mass is 33.1. The summed E-state index contributed by atoms with van der Waals surface area (Å²) >= 11 is 0. The fraction of sp³-hybridized carbons (Fsp3) is 0.368. The van der Waals surface area contributed by atoms with Gasteiger partial charge in [-0.15, -0.1) is 0 Å². The first-order chi connectivity index (χ1) is 19.6. The average Bonchev–Trinajstić information content (AvgIpc) is 2.98. The summed E-state index contributed by atoms with van der Waals surface area (Å²) < 4.78 is 0. The lowest BCUT2D eigenvalue weighted by Gasteiger charge is -2.11. The van der Waals surface area contributed by atoms with E-state index in [0.717, 1.165) is 0 Å². The summed E-state index contributed by atoms with van der Waals surface area (Å²) in [5.74, 6) is 0. The minimum Gasteiger partial charge on any atom is -0.0654 e. The van der Waals surface area contributed by atoms with Crippen LogP contribution in [0.25, 0.3) is 22.3 Å². The molecule has 4 aromatic rings. The second kappa shape index (κ2) is 16.1. The van der Waals surface area contributed by atoms with E-state index < -0.39 is 0 Å². The summed E-state index contributed by atoms with van der Waals surface area (Å²) in [6.07, 6.45) is 12.9. The molecule has 0 atom stereocenters. The molecular formula is C38H46S2. The monoisotopic (exact) mass is 566 g/mol. The Labute approximate surface area is 251 Å². The predicted octanol–water partition coefficient (Wildman–Crippen LogP) is 12.7. The average molecular weight is 567 g/mol. The fourth-order valence-corrected chi connectivity index (χ4v) is 7.64. The molecule has 0 radical (unpaired) electrons. The molecule has 40 heavy (non-hydrogen) atoms. The second-order valence-electron chi connectivity index (χ2n) is 11.1. The van der Waals surface area contributed by atoms with Gasteiger partial charge >= 0.3 is 0 Å². The van der Waals surface area contributed by atoms with Crippen LogP contribution in [0, 0.1) is 13.8 Å². The molecule has 0 aromatic heterocycles. The van der Waals surface area contributed by atoms with E-state index in [-0.39, 0.29) is 0 Å². The first kappa shape index (κ1) is 30.5. The van der Waals surface area contributed by atoms with Crippen molar-refractivity contribution in [2.75, 3.05) is 0 Å². The van der Waals surface area contributed by atoms with E-state index in [1.165, 1.54) is 119 Å². The van der Waals surface area contributed by atoms with Crippen molar-refractivity contribution in [1.82, 2.24) is 0 Å². The lowest BCUT2D eigenvalue weighted by molar-refractivity contribution is 0.667. The first-order valence-electron chi connectivity index (χ1n) is 15.3. The minimum atomic E-state index is 1.19. The normalized spacial score (nSPS) is 11.2. The van der Waals surface area contributed by atoms with Crippen LogP contribution in [-0.4, -0.2) is 0 Å². The Bertz CT molecular complexity index is 1210. The van der Waals surface area contributed by atoms with Gasteiger partial charge in [-0.25, -0.2) is 0 Å². The molecule has 0 nitrogen and oxygen atoms in total. The molecule has 4 aromatic carbocycles. The topological polar surface area (TPSA) is 0 Å². The maximum Gasteiger partial charge on any atom is 0.0215 e. The van der Waals surface area contributed by atoms with Crippen molar-refractivity contribution in [3.8, 4) is 22.3 Å². The Morgan fingerprint density at radius 3 is 1.15 bits per heavy atom. The highest BCUT2D eigenvalue weighted by Gasteiger charge is 2.08. The standard InChI is InChI=1S/C38H46S2/c1-5-7-9-11-13-31-15-19-33(20-16-31)35-23-25-37(29(3)27-35)39-40-38-26-24-36(28-30(38)4)34-21-17-32(18-22-34)14-12-10-8-6-2/h15-28H,5-14H2,1-4H3. The molecule has 0 saturated heterocycles. The fourth-order valence-electron chi connectivity index (χ4n) is 5.17. The molecule has 0 aliphatic heterocycles. The highest BCUT2D eigenvalue weighted by molar-refractivity contribution is 8.76. The van der Waals surface area contributed by atoms with E-state index in [2.05, 4.69) is 113 Å². The lowest BCUT2D eigenvalue weighted by atomic mass is 10.00. The van der Waals surface area contributed by atoms with Crippen LogP contribution in [-0.2, 0) is 12.8 Å². The van der Waals surface area contributed by atoms with Gasteiger partial charge in [-0.2, -0.15) is 0 Å². The quantitative estimate of drug-likeness (QED) is 0.104. The molecule has 0 bridgehead atoms. The smallest absolute Gasteiger partial charge is 0.0215 e. The van der Waals surface area contributed by atoms with Gasteiger partial charge in [-0.1, -0.05) is 147 Å². The van der Waals surface area contributed by atoms with Gasteiger partial charge in [0, 0.05) is 9.79 Å². The minimum absolute atomic E-state index is 1.19. The van der Waals surface area contributed by atoms with Crippen LogP contribution >= 0.6 is 21.6 Å². The van der Waals surface area contributed by atoms with E-state index in [9.17, 15) is 0 Å². The Kier molecular flexibility index (Phi) is 12.3. The molecule has 0 N–H and O–H groups in total. The highest BCUT2D eigenvalue weighted by Crippen LogP contribution is 2.42. The molecule has 0 unspecified atom stereocenters. The van der Waals surface area contributed by atoms with Gasteiger partial charge < -0.3 is 0 Å². The van der Waals surface area contributed by atoms with Crippen molar-refractivity contribution in [1.29, 1.82) is 0 Å². The van der Waals surface area contributed by atoms with Crippen LogP contribution < -0.4 is 0 Å². The maximum absolute atomic E-state index is 2.34. The van der Waals surface area contributed by atoms with Crippen molar-refractivity contribution >= 4 is 21.6 Å². The number of unbranched alkanes of at least 4 members (excludes halogenated alkanes) is 6. The van der Waals surface area contributed by atoms with Gasteiger partial charge in [0.2, 0.25) is 0 Å². The van der Waals surface area contributed by atoms with E-state index in [1.54, 1.807) is 0 Å². The van der Waals surface area contributed by atoms with Crippen molar-refractivity contribution in [2.45, 2.75) is 102 Å². The summed E-state index contributed by atoms with van der Waals surface area (Å²) in [5.41, 5.74) is 10.8.